The summed E-state index contributed by atoms with van der Waals surface area (Å²) in [6, 6.07) is 3.10. The van der Waals surface area contributed by atoms with Crippen LogP contribution in [-0.4, -0.2) is 23.6 Å². The van der Waals surface area contributed by atoms with Crippen LogP contribution in [0.2, 0.25) is 0 Å². The molecule has 0 aliphatic heterocycles. The van der Waals surface area contributed by atoms with E-state index in [0.29, 0.717) is 17.9 Å². The van der Waals surface area contributed by atoms with Crippen LogP contribution in [0.25, 0.3) is 0 Å². The summed E-state index contributed by atoms with van der Waals surface area (Å²) >= 11 is 0. The van der Waals surface area contributed by atoms with Crippen LogP contribution < -0.4 is 5.32 Å². The lowest BCUT2D eigenvalue weighted by Crippen LogP contribution is -2.28. The van der Waals surface area contributed by atoms with Gasteiger partial charge < -0.3 is 10.1 Å². The van der Waals surface area contributed by atoms with Gasteiger partial charge in [0, 0.05) is 6.20 Å². The Morgan fingerprint density at radius 3 is 3.12 bits per heavy atom. The van der Waals surface area contributed by atoms with Crippen molar-refractivity contribution in [1.82, 2.24) is 4.98 Å². The fourth-order valence-corrected chi connectivity index (χ4v) is 1.17. The predicted molar refractivity (Wildman–Crippen MR) is 58.7 cm³/mol. The first-order valence-electron chi connectivity index (χ1n) is 4.96. The van der Waals surface area contributed by atoms with Crippen molar-refractivity contribution in [3.63, 3.8) is 0 Å². The van der Waals surface area contributed by atoms with Crippen LogP contribution in [0.15, 0.2) is 18.5 Å². The second kappa shape index (κ2) is 5.71. The average molecular weight is 219 g/mol. The van der Waals surface area contributed by atoms with Gasteiger partial charge in [-0.25, -0.2) is 4.79 Å². The molecule has 5 heteroatoms. The van der Waals surface area contributed by atoms with Gasteiger partial charge >= 0.3 is 5.97 Å². The molecule has 0 saturated carbocycles. The molecule has 1 aromatic rings. The summed E-state index contributed by atoms with van der Waals surface area (Å²) in [5.74, 6) is -0.352. The minimum Gasteiger partial charge on any atom is -0.464 e. The van der Waals surface area contributed by atoms with Crippen LogP contribution in [0.4, 0.5) is 5.69 Å². The normalized spacial score (nSPS) is 11.3. The molecule has 84 valence electrons. The fraction of sp³-hybridized carbons (Fsp3) is 0.364. The highest BCUT2D eigenvalue weighted by Crippen LogP contribution is 2.13. The van der Waals surface area contributed by atoms with Crippen LogP contribution in [-0.2, 0) is 9.53 Å². The Labute approximate surface area is 94.1 Å². The summed E-state index contributed by atoms with van der Waals surface area (Å²) in [4.78, 5) is 15.2. The molecule has 0 spiro atoms. The van der Waals surface area contributed by atoms with E-state index in [9.17, 15) is 4.79 Å². The zero-order valence-corrected chi connectivity index (χ0v) is 9.23. The number of carbonyl (C=O) groups is 1. The SMILES string of the molecule is CCOC(=O)C(C)Nc1cnccc1C#N. The molecule has 1 N–H and O–H groups in total. The van der Waals surface area contributed by atoms with Crippen molar-refractivity contribution in [3.05, 3.63) is 24.0 Å². The fourth-order valence-electron chi connectivity index (χ4n) is 1.17. The van der Waals surface area contributed by atoms with Gasteiger partial charge in [0.1, 0.15) is 12.1 Å². The summed E-state index contributed by atoms with van der Waals surface area (Å²) < 4.78 is 4.84. The molecule has 1 aromatic heterocycles. The first-order chi connectivity index (χ1) is 7.69. The van der Waals surface area contributed by atoms with Crippen molar-refractivity contribution in [2.45, 2.75) is 19.9 Å². The van der Waals surface area contributed by atoms with Gasteiger partial charge in [-0.1, -0.05) is 0 Å². The molecule has 1 unspecified atom stereocenters. The lowest BCUT2D eigenvalue weighted by molar-refractivity contribution is -0.143. The highest BCUT2D eigenvalue weighted by atomic mass is 16.5. The second-order valence-corrected chi connectivity index (χ2v) is 3.15. The van der Waals surface area contributed by atoms with Gasteiger partial charge in [-0.2, -0.15) is 5.26 Å². The smallest absolute Gasteiger partial charge is 0.328 e. The Morgan fingerprint density at radius 2 is 2.50 bits per heavy atom. The summed E-state index contributed by atoms with van der Waals surface area (Å²) in [6.45, 7) is 3.75. The first kappa shape index (κ1) is 12.0. The largest absolute Gasteiger partial charge is 0.464 e. The molecule has 0 saturated heterocycles. The standard InChI is InChI=1S/C11H13N3O2/c1-3-16-11(15)8(2)14-10-7-13-5-4-9(10)6-12/h4-5,7-8,14H,3H2,1-2H3. The lowest BCUT2D eigenvalue weighted by atomic mass is 10.2. The van der Waals surface area contributed by atoms with Crippen molar-refractivity contribution >= 4 is 11.7 Å². The Hall–Kier alpha value is -2.09. The number of rotatable bonds is 4. The molecule has 0 aromatic carbocycles. The van der Waals surface area contributed by atoms with E-state index in [0.717, 1.165) is 0 Å². The van der Waals surface area contributed by atoms with Gasteiger partial charge in [0.05, 0.1) is 24.1 Å². The molecule has 0 amide bonds. The molecule has 1 atom stereocenters. The maximum absolute atomic E-state index is 11.4. The molecular weight excluding hydrogens is 206 g/mol. The van der Waals surface area contributed by atoms with Gasteiger partial charge in [-0.3, -0.25) is 4.98 Å². The quantitative estimate of drug-likeness (QED) is 0.773. The number of pyridine rings is 1. The van der Waals surface area contributed by atoms with Gasteiger partial charge in [-0.15, -0.1) is 0 Å². The van der Waals surface area contributed by atoms with Crippen molar-refractivity contribution in [2.24, 2.45) is 0 Å². The van der Waals surface area contributed by atoms with Gasteiger partial charge in [0.25, 0.3) is 0 Å². The maximum Gasteiger partial charge on any atom is 0.328 e. The van der Waals surface area contributed by atoms with Crippen molar-refractivity contribution in [2.75, 3.05) is 11.9 Å². The van der Waals surface area contributed by atoms with Gasteiger partial charge in [0.15, 0.2) is 0 Å². The summed E-state index contributed by atoms with van der Waals surface area (Å²) in [6.07, 6.45) is 3.03. The van der Waals surface area contributed by atoms with E-state index in [1.54, 1.807) is 19.9 Å². The first-order valence-corrected chi connectivity index (χ1v) is 4.96. The molecule has 0 aliphatic rings. The molecule has 5 nitrogen and oxygen atoms in total. The Morgan fingerprint density at radius 1 is 1.75 bits per heavy atom. The number of anilines is 1. The Kier molecular flexibility index (Phi) is 4.28. The third-order valence-electron chi connectivity index (χ3n) is 1.95. The lowest BCUT2D eigenvalue weighted by Gasteiger charge is -2.14. The molecular formula is C11H13N3O2. The molecule has 0 radical (unpaired) electrons. The van der Waals surface area contributed by atoms with Crippen molar-refractivity contribution in [3.8, 4) is 6.07 Å². The predicted octanol–water partition coefficient (Wildman–Crippen LogP) is 1.32. The number of nitrogens with zero attached hydrogens (tertiary/aromatic N) is 2. The zero-order valence-electron chi connectivity index (χ0n) is 9.23. The van der Waals surface area contributed by atoms with Crippen LogP contribution >= 0.6 is 0 Å². The number of hydrogen-bond donors (Lipinski definition) is 1. The van der Waals surface area contributed by atoms with E-state index in [-0.39, 0.29) is 5.97 Å². The summed E-state index contributed by atoms with van der Waals surface area (Å²) in [7, 11) is 0. The summed E-state index contributed by atoms with van der Waals surface area (Å²) in [5, 5.41) is 11.7. The van der Waals surface area contributed by atoms with Gasteiger partial charge in [0.2, 0.25) is 0 Å². The number of esters is 1. The zero-order chi connectivity index (χ0) is 12.0. The molecule has 16 heavy (non-hydrogen) atoms. The molecule has 0 bridgehead atoms. The highest BCUT2D eigenvalue weighted by Gasteiger charge is 2.14. The van der Waals surface area contributed by atoms with Crippen LogP contribution in [0.3, 0.4) is 0 Å². The number of hydrogen-bond acceptors (Lipinski definition) is 5. The molecule has 0 fully saturated rings. The maximum atomic E-state index is 11.4. The number of aromatic nitrogens is 1. The minimum atomic E-state index is -0.503. The third kappa shape index (κ3) is 2.95. The van der Waals surface area contributed by atoms with Crippen molar-refractivity contribution in [1.29, 1.82) is 5.26 Å². The van der Waals surface area contributed by atoms with E-state index in [4.69, 9.17) is 10.00 Å². The van der Waals surface area contributed by atoms with E-state index >= 15 is 0 Å². The van der Waals surface area contributed by atoms with Gasteiger partial charge in [-0.05, 0) is 19.9 Å². The topological polar surface area (TPSA) is 75.0 Å². The molecule has 1 heterocycles. The van der Waals surface area contributed by atoms with E-state index in [1.807, 2.05) is 6.07 Å². The van der Waals surface area contributed by atoms with Crippen LogP contribution in [0, 0.1) is 11.3 Å². The second-order valence-electron chi connectivity index (χ2n) is 3.15. The van der Waals surface area contributed by atoms with E-state index < -0.39 is 6.04 Å². The molecule has 1 rings (SSSR count). The third-order valence-corrected chi connectivity index (χ3v) is 1.95. The van der Waals surface area contributed by atoms with E-state index in [2.05, 4.69) is 10.3 Å². The number of ether oxygens (including phenoxy) is 1. The minimum absolute atomic E-state index is 0.336. The van der Waals surface area contributed by atoms with E-state index in [1.165, 1.54) is 12.4 Å². The van der Waals surface area contributed by atoms with Crippen LogP contribution in [0.5, 0.6) is 0 Å². The highest BCUT2D eigenvalue weighted by molar-refractivity contribution is 5.79. The monoisotopic (exact) mass is 219 g/mol. The average Bonchev–Trinajstić information content (AvgIpc) is 2.30. The van der Waals surface area contributed by atoms with Crippen molar-refractivity contribution < 1.29 is 9.53 Å². The Balaban J connectivity index is 2.73. The summed E-state index contributed by atoms with van der Waals surface area (Å²) in [5.41, 5.74) is 0.983. The number of nitrogens with one attached hydrogen (secondary N) is 1. The number of nitriles is 1. The molecule has 0 aliphatic carbocycles. The van der Waals surface area contributed by atoms with Crippen LogP contribution in [0.1, 0.15) is 19.4 Å². The Bertz CT molecular complexity index is 412. The number of carbonyl (C=O) groups excluding carboxylic acids is 1.